The Morgan fingerprint density at radius 2 is 1.23 bits per heavy atom. The van der Waals surface area contributed by atoms with E-state index in [4.69, 9.17) is 19.4 Å². The molecule has 2 rings (SSSR count). The van der Waals surface area contributed by atoms with Crippen molar-refractivity contribution in [2.75, 3.05) is 45.0 Å². The predicted molar refractivity (Wildman–Crippen MR) is 135 cm³/mol. The zero-order valence-electron chi connectivity index (χ0n) is 20.6. The van der Waals surface area contributed by atoms with Crippen LogP contribution in [0.25, 0.3) is 0 Å². The third-order valence-corrected chi connectivity index (χ3v) is 5.35. The maximum atomic E-state index is 12.1. The summed E-state index contributed by atoms with van der Waals surface area (Å²) in [5.74, 6) is -0.485. The standard InChI is InChI=1S/C27H38N2O6/c1-2-33-17-18-35-20-19-34-16-15-26(30)28-25-13-11-23(12-14-25)6-4-3-5-22-7-9-24(10-8-22)21-27(31)29-32/h7-14,32H,2-6,15-21H2,1H3,(H,28,30)(H,29,31). The van der Waals surface area contributed by atoms with Gasteiger partial charge in [0.15, 0.2) is 0 Å². The number of carbonyl (C=O) groups is 2. The number of unbranched alkanes of at least 4 members (excludes halogenated alkanes) is 1. The number of aryl methyl sites for hydroxylation is 2. The maximum absolute atomic E-state index is 12.1. The summed E-state index contributed by atoms with van der Waals surface area (Å²) in [4.78, 5) is 23.3. The Balaban J connectivity index is 1.55. The lowest BCUT2D eigenvalue weighted by molar-refractivity contribution is -0.128. The second-order valence-corrected chi connectivity index (χ2v) is 8.15. The van der Waals surface area contributed by atoms with Crippen LogP contribution < -0.4 is 10.8 Å². The van der Waals surface area contributed by atoms with Gasteiger partial charge in [-0.3, -0.25) is 14.8 Å². The average Bonchev–Trinajstić information content (AvgIpc) is 2.87. The Morgan fingerprint density at radius 1 is 0.714 bits per heavy atom. The van der Waals surface area contributed by atoms with Gasteiger partial charge in [0.25, 0.3) is 0 Å². The fraction of sp³-hybridized carbons (Fsp3) is 0.481. The normalized spacial score (nSPS) is 10.8. The average molecular weight is 487 g/mol. The molecule has 0 heterocycles. The number of ether oxygens (including phenoxy) is 3. The van der Waals surface area contributed by atoms with E-state index in [1.807, 2.05) is 55.5 Å². The Bertz CT molecular complexity index is 855. The number of hydrogen-bond acceptors (Lipinski definition) is 6. The van der Waals surface area contributed by atoms with Gasteiger partial charge in [0.2, 0.25) is 11.8 Å². The Labute approximate surface area is 207 Å². The summed E-state index contributed by atoms with van der Waals surface area (Å²) in [6.07, 6.45) is 4.55. The van der Waals surface area contributed by atoms with Gasteiger partial charge in [-0.05, 0) is 61.4 Å². The van der Waals surface area contributed by atoms with E-state index in [1.54, 1.807) is 5.48 Å². The monoisotopic (exact) mass is 486 g/mol. The molecule has 192 valence electrons. The lowest BCUT2D eigenvalue weighted by Gasteiger charge is -2.08. The van der Waals surface area contributed by atoms with Crippen LogP contribution >= 0.6 is 0 Å². The van der Waals surface area contributed by atoms with Crippen LogP contribution in [-0.4, -0.2) is 56.7 Å². The largest absolute Gasteiger partial charge is 0.379 e. The molecule has 0 spiro atoms. The van der Waals surface area contributed by atoms with Crippen LogP contribution in [-0.2, 0) is 43.1 Å². The molecule has 0 aliphatic heterocycles. The number of carbonyl (C=O) groups excluding carboxylic acids is 2. The van der Waals surface area contributed by atoms with Gasteiger partial charge in [-0.2, -0.15) is 0 Å². The van der Waals surface area contributed by atoms with Crippen molar-refractivity contribution in [2.24, 2.45) is 0 Å². The van der Waals surface area contributed by atoms with E-state index in [2.05, 4.69) is 5.32 Å². The summed E-state index contributed by atoms with van der Waals surface area (Å²) in [5, 5.41) is 11.5. The van der Waals surface area contributed by atoms with Crippen LogP contribution in [0, 0.1) is 0 Å². The molecule has 0 fully saturated rings. The fourth-order valence-corrected chi connectivity index (χ4v) is 3.43. The Hall–Kier alpha value is -2.78. The molecule has 8 heteroatoms. The first-order valence-electron chi connectivity index (χ1n) is 12.2. The van der Waals surface area contributed by atoms with Crippen LogP contribution in [0.15, 0.2) is 48.5 Å². The minimum Gasteiger partial charge on any atom is -0.379 e. The molecule has 0 atom stereocenters. The second-order valence-electron chi connectivity index (χ2n) is 8.15. The number of benzene rings is 2. The number of hydroxylamine groups is 1. The predicted octanol–water partition coefficient (Wildman–Crippen LogP) is 3.70. The summed E-state index contributed by atoms with van der Waals surface area (Å²) >= 11 is 0. The Kier molecular flexibility index (Phi) is 14.3. The quantitative estimate of drug-likeness (QED) is 0.169. The maximum Gasteiger partial charge on any atom is 0.247 e. The van der Waals surface area contributed by atoms with Crippen LogP contribution in [0.2, 0.25) is 0 Å². The number of rotatable bonds is 18. The van der Waals surface area contributed by atoms with Gasteiger partial charge in [-0.25, -0.2) is 5.48 Å². The molecule has 0 aliphatic rings. The first-order valence-corrected chi connectivity index (χ1v) is 12.2. The van der Waals surface area contributed by atoms with Crippen molar-refractivity contribution >= 4 is 17.5 Å². The summed E-state index contributed by atoms with van der Waals surface area (Å²) < 4.78 is 16.0. The number of nitrogens with one attached hydrogen (secondary N) is 2. The van der Waals surface area contributed by atoms with Crippen molar-refractivity contribution in [1.29, 1.82) is 0 Å². The summed E-state index contributed by atoms with van der Waals surface area (Å²) in [6.45, 7) is 5.09. The van der Waals surface area contributed by atoms with Gasteiger partial charge >= 0.3 is 0 Å². The molecule has 0 saturated carbocycles. The van der Waals surface area contributed by atoms with Crippen molar-refractivity contribution in [3.63, 3.8) is 0 Å². The number of anilines is 1. The minimum absolute atomic E-state index is 0.0713. The zero-order valence-corrected chi connectivity index (χ0v) is 20.6. The van der Waals surface area contributed by atoms with E-state index in [0.717, 1.165) is 36.9 Å². The van der Waals surface area contributed by atoms with Crippen LogP contribution in [0.1, 0.15) is 42.9 Å². The number of hydrogen-bond donors (Lipinski definition) is 3. The summed E-state index contributed by atoms with van der Waals surface area (Å²) in [5.41, 5.74) is 5.77. The van der Waals surface area contributed by atoms with Crippen molar-refractivity contribution in [3.05, 3.63) is 65.2 Å². The molecule has 2 amide bonds. The van der Waals surface area contributed by atoms with Crippen LogP contribution in [0.4, 0.5) is 5.69 Å². The molecule has 0 saturated heterocycles. The third-order valence-electron chi connectivity index (χ3n) is 5.35. The molecule has 2 aromatic carbocycles. The van der Waals surface area contributed by atoms with Gasteiger partial charge in [-0.15, -0.1) is 0 Å². The second kappa shape index (κ2) is 17.6. The van der Waals surface area contributed by atoms with Gasteiger partial charge in [0.05, 0.1) is 45.9 Å². The Morgan fingerprint density at radius 3 is 1.80 bits per heavy atom. The van der Waals surface area contributed by atoms with Crippen molar-refractivity contribution in [3.8, 4) is 0 Å². The molecule has 0 radical (unpaired) electrons. The van der Waals surface area contributed by atoms with E-state index in [-0.39, 0.29) is 12.3 Å². The fourth-order valence-electron chi connectivity index (χ4n) is 3.43. The molecule has 0 unspecified atom stereocenters. The van der Waals surface area contributed by atoms with Gasteiger partial charge in [0.1, 0.15) is 0 Å². The molecule has 2 aromatic rings. The smallest absolute Gasteiger partial charge is 0.247 e. The summed E-state index contributed by atoms with van der Waals surface area (Å²) in [7, 11) is 0. The highest BCUT2D eigenvalue weighted by Gasteiger charge is 2.04. The topological polar surface area (TPSA) is 106 Å². The van der Waals surface area contributed by atoms with Gasteiger partial charge in [-0.1, -0.05) is 36.4 Å². The molecule has 0 bridgehead atoms. The van der Waals surface area contributed by atoms with E-state index in [1.165, 1.54) is 11.1 Å². The van der Waals surface area contributed by atoms with Crippen LogP contribution in [0.5, 0.6) is 0 Å². The van der Waals surface area contributed by atoms with Gasteiger partial charge < -0.3 is 19.5 Å². The highest BCUT2D eigenvalue weighted by molar-refractivity contribution is 5.90. The molecular formula is C27H38N2O6. The highest BCUT2D eigenvalue weighted by Crippen LogP contribution is 2.14. The molecule has 0 aliphatic carbocycles. The molecule has 35 heavy (non-hydrogen) atoms. The SMILES string of the molecule is CCOCCOCCOCCC(=O)Nc1ccc(CCCCc2ccc(CC(=O)NO)cc2)cc1. The van der Waals surface area contributed by atoms with E-state index >= 15 is 0 Å². The van der Waals surface area contributed by atoms with Crippen molar-refractivity contribution in [2.45, 2.75) is 45.4 Å². The number of amides is 2. The molecular weight excluding hydrogens is 448 g/mol. The highest BCUT2D eigenvalue weighted by atomic mass is 16.5. The minimum atomic E-state index is -0.414. The molecule has 8 nitrogen and oxygen atoms in total. The van der Waals surface area contributed by atoms with Crippen molar-refractivity contribution < 1.29 is 29.0 Å². The van der Waals surface area contributed by atoms with E-state index in [0.29, 0.717) is 46.1 Å². The third kappa shape index (κ3) is 13.0. The summed E-state index contributed by atoms with van der Waals surface area (Å²) in [6, 6.07) is 15.9. The van der Waals surface area contributed by atoms with E-state index < -0.39 is 5.91 Å². The lowest BCUT2D eigenvalue weighted by atomic mass is 10.0. The lowest BCUT2D eigenvalue weighted by Crippen LogP contribution is -2.20. The van der Waals surface area contributed by atoms with E-state index in [9.17, 15) is 9.59 Å². The zero-order chi connectivity index (χ0) is 25.1. The molecule has 0 aromatic heterocycles. The van der Waals surface area contributed by atoms with Crippen LogP contribution in [0.3, 0.4) is 0 Å². The molecule has 3 N–H and O–H groups in total. The van der Waals surface area contributed by atoms with Gasteiger partial charge in [0, 0.05) is 12.3 Å². The van der Waals surface area contributed by atoms with Crippen molar-refractivity contribution in [1.82, 2.24) is 5.48 Å². The first kappa shape index (κ1) is 28.5. The first-order chi connectivity index (χ1) is 17.1.